The van der Waals surface area contributed by atoms with Gasteiger partial charge in [0, 0.05) is 30.2 Å². The van der Waals surface area contributed by atoms with E-state index in [2.05, 4.69) is 20.2 Å². The maximum absolute atomic E-state index is 12.4. The third-order valence-corrected chi connectivity index (χ3v) is 4.30. The van der Waals surface area contributed by atoms with Crippen molar-refractivity contribution in [2.45, 2.75) is 12.1 Å². The number of rotatable bonds is 4. The van der Waals surface area contributed by atoms with Crippen molar-refractivity contribution in [2.75, 3.05) is 42.8 Å². The number of nitrogens with zero attached hydrogens (tertiary/aromatic N) is 3. The molecule has 0 aliphatic carbocycles. The van der Waals surface area contributed by atoms with Gasteiger partial charge in [0.05, 0.1) is 13.2 Å². The van der Waals surface area contributed by atoms with Gasteiger partial charge in [-0.1, -0.05) is 11.8 Å². The third-order valence-electron chi connectivity index (χ3n) is 3.75. The topological polar surface area (TPSA) is 67.4 Å². The van der Waals surface area contributed by atoms with Crippen LogP contribution in [0.1, 0.15) is 16.2 Å². The van der Waals surface area contributed by atoms with E-state index in [1.54, 1.807) is 6.07 Å². The van der Waals surface area contributed by atoms with E-state index in [9.17, 15) is 4.79 Å². The minimum atomic E-state index is -0.227. The van der Waals surface area contributed by atoms with Crippen LogP contribution in [0.4, 0.5) is 11.4 Å². The zero-order valence-corrected chi connectivity index (χ0v) is 14.6. The average molecular weight is 344 g/mol. The van der Waals surface area contributed by atoms with E-state index >= 15 is 0 Å². The molecule has 1 aromatic heterocycles. The van der Waals surface area contributed by atoms with Crippen molar-refractivity contribution in [2.24, 2.45) is 0 Å². The number of hydrogen-bond acceptors (Lipinski definition) is 6. The molecule has 1 amide bonds. The molecule has 1 saturated heterocycles. The first kappa shape index (κ1) is 16.7. The van der Waals surface area contributed by atoms with E-state index in [0.717, 1.165) is 43.4 Å². The standard InChI is InChI=1S/C17H20N4O2S/c1-12-11-15(20-17(18-12)24-2)16(22)19-13-3-5-14(6-4-13)21-7-9-23-10-8-21/h3-6,11H,7-10H2,1-2H3,(H,19,22). The van der Waals surface area contributed by atoms with Crippen molar-refractivity contribution < 1.29 is 9.53 Å². The second kappa shape index (κ2) is 7.63. The number of aryl methyl sites for hydroxylation is 1. The number of carbonyl (C=O) groups excluding carboxylic acids is 1. The Hall–Kier alpha value is -2.12. The summed E-state index contributed by atoms with van der Waals surface area (Å²) >= 11 is 1.42. The summed E-state index contributed by atoms with van der Waals surface area (Å²) in [4.78, 5) is 23.2. The second-order valence-electron chi connectivity index (χ2n) is 5.48. The van der Waals surface area contributed by atoms with Crippen LogP contribution in [0.15, 0.2) is 35.5 Å². The van der Waals surface area contributed by atoms with E-state index in [-0.39, 0.29) is 5.91 Å². The number of aromatic nitrogens is 2. The molecule has 0 spiro atoms. The van der Waals surface area contributed by atoms with Crippen molar-refractivity contribution in [3.63, 3.8) is 0 Å². The Bertz CT molecular complexity index is 715. The summed E-state index contributed by atoms with van der Waals surface area (Å²) < 4.78 is 5.36. The fourth-order valence-electron chi connectivity index (χ4n) is 2.52. The quantitative estimate of drug-likeness (QED) is 0.679. The van der Waals surface area contributed by atoms with Gasteiger partial charge in [0.2, 0.25) is 0 Å². The molecular formula is C17H20N4O2S. The summed E-state index contributed by atoms with van der Waals surface area (Å²) in [5, 5.41) is 3.49. The first-order chi connectivity index (χ1) is 11.7. The van der Waals surface area contributed by atoms with E-state index in [0.29, 0.717) is 10.9 Å². The summed E-state index contributed by atoms with van der Waals surface area (Å²) in [6.45, 7) is 5.15. The molecule has 1 aromatic carbocycles. The van der Waals surface area contributed by atoms with Gasteiger partial charge in [0.1, 0.15) is 5.69 Å². The van der Waals surface area contributed by atoms with Gasteiger partial charge in [0.25, 0.3) is 5.91 Å². The number of hydrogen-bond donors (Lipinski definition) is 1. The van der Waals surface area contributed by atoms with E-state index < -0.39 is 0 Å². The highest BCUT2D eigenvalue weighted by Crippen LogP contribution is 2.19. The van der Waals surface area contributed by atoms with Crippen molar-refractivity contribution in [1.82, 2.24) is 9.97 Å². The number of thioether (sulfide) groups is 1. The summed E-state index contributed by atoms with van der Waals surface area (Å²) in [6, 6.07) is 9.54. The van der Waals surface area contributed by atoms with Crippen LogP contribution in [0.25, 0.3) is 0 Å². The SMILES string of the molecule is CSc1nc(C)cc(C(=O)Nc2ccc(N3CCOCC3)cc2)n1. The fourth-order valence-corrected chi connectivity index (χ4v) is 2.95. The Kier molecular flexibility index (Phi) is 5.32. The number of benzene rings is 1. The number of nitrogens with one attached hydrogen (secondary N) is 1. The lowest BCUT2D eigenvalue weighted by molar-refractivity contribution is 0.102. The Morgan fingerprint density at radius 3 is 2.58 bits per heavy atom. The van der Waals surface area contributed by atoms with Crippen LogP contribution in [-0.4, -0.2) is 48.4 Å². The predicted octanol–water partition coefficient (Wildman–Crippen LogP) is 2.60. The summed E-state index contributed by atoms with van der Waals surface area (Å²) in [5.74, 6) is -0.227. The van der Waals surface area contributed by atoms with Crippen LogP contribution < -0.4 is 10.2 Å². The van der Waals surface area contributed by atoms with Gasteiger partial charge < -0.3 is 15.0 Å². The molecule has 0 bridgehead atoms. The monoisotopic (exact) mass is 344 g/mol. The van der Waals surface area contributed by atoms with Gasteiger partial charge in [0.15, 0.2) is 5.16 Å². The van der Waals surface area contributed by atoms with Crippen molar-refractivity contribution >= 4 is 29.0 Å². The minimum Gasteiger partial charge on any atom is -0.378 e. The molecule has 1 fully saturated rings. The molecule has 3 rings (SSSR count). The second-order valence-corrected chi connectivity index (χ2v) is 6.26. The zero-order valence-electron chi connectivity index (χ0n) is 13.8. The van der Waals surface area contributed by atoms with Gasteiger partial charge >= 0.3 is 0 Å². The van der Waals surface area contributed by atoms with Gasteiger partial charge in [-0.15, -0.1) is 0 Å². The van der Waals surface area contributed by atoms with Crippen LogP contribution in [-0.2, 0) is 4.74 Å². The molecule has 24 heavy (non-hydrogen) atoms. The Labute approximate surface area is 145 Å². The maximum atomic E-state index is 12.4. The summed E-state index contributed by atoms with van der Waals surface area (Å²) in [5.41, 5.74) is 3.05. The number of anilines is 2. The highest BCUT2D eigenvalue weighted by molar-refractivity contribution is 7.98. The maximum Gasteiger partial charge on any atom is 0.274 e. The minimum absolute atomic E-state index is 0.227. The lowest BCUT2D eigenvalue weighted by Gasteiger charge is -2.28. The molecule has 1 aliphatic rings. The predicted molar refractivity (Wildman–Crippen MR) is 96.0 cm³/mol. The van der Waals surface area contributed by atoms with Gasteiger partial charge in [-0.2, -0.15) is 0 Å². The molecule has 2 heterocycles. The smallest absolute Gasteiger partial charge is 0.274 e. The normalized spacial score (nSPS) is 14.5. The van der Waals surface area contributed by atoms with Crippen LogP contribution in [0.2, 0.25) is 0 Å². The highest BCUT2D eigenvalue weighted by Gasteiger charge is 2.13. The number of morpholine rings is 1. The molecule has 0 radical (unpaired) electrons. The zero-order chi connectivity index (χ0) is 16.9. The van der Waals surface area contributed by atoms with E-state index in [1.165, 1.54) is 11.8 Å². The molecule has 0 unspecified atom stereocenters. The number of carbonyl (C=O) groups is 1. The highest BCUT2D eigenvalue weighted by atomic mass is 32.2. The first-order valence-corrected chi connectivity index (χ1v) is 9.02. The lowest BCUT2D eigenvalue weighted by atomic mass is 10.2. The van der Waals surface area contributed by atoms with Crippen molar-refractivity contribution in [1.29, 1.82) is 0 Å². The largest absolute Gasteiger partial charge is 0.378 e. The van der Waals surface area contributed by atoms with E-state index in [1.807, 2.05) is 37.4 Å². The molecular weight excluding hydrogens is 324 g/mol. The first-order valence-electron chi connectivity index (χ1n) is 7.79. The third kappa shape index (κ3) is 4.04. The molecule has 6 nitrogen and oxygen atoms in total. The fraction of sp³-hybridized carbons (Fsp3) is 0.353. The molecule has 0 atom stereocenters. The van der Waals surface area contributed by atoms with Gasteiger partial charge in [-0.05, 0) is 43.5 Å². The summed E-state index contributed by atoms with van der Waals surface area (Å²) in [7, 11) is 0. The van der Waals surface area contributed by atoms with Gasteiger partial charge in [-0.25, -0.2) is 9.97 Å². The summed E-state index contributed by atoms with van der Waals surface area (Å²) in [6.07, 6.45) is 1.89. The molecule has 1 aliphatic heterocycles. The molecule has 1 N–H and O–H groups in total. The van der Waals surface area contributed by atoms with E-state index in [4.69, 9.17) is 4.74 Å². The van der Waals surface area contributed by atoms with Gasteiger partial charge in [-0.3, -0.25) is 4.79 Å². The van der Waals surface area contributed by atoms with Crippen LogP contribution in [0.5, 0.6) is 0 Å². The molecule has 126 valence electrons. The average Bonchev–Trinajstić information content (AvgIpc) is 2.62. The number of amides is 1. The Balaban J connectivity index is 1.69. The van der Waals surface area contributed by atoms with Crippen molar-refractivity contribution in [3.05, 3.63) is 41.7 Å². The molecule has 7 heteroatoms. The molecule has 0 saturated carbocycles. The lowest BCUT2D eigenvalue weighted by Crippen LogP contribution is -2.36. The number of ether oxygens (including phenoxy) is 1. The molecule has 2 aromatic rings. The van der Waals surface area contributed by atoms with Crippen molar-refractivity contribution in [3.8, 4) is 0 Å². The van der Waals surface area contributed by atoms with Crippen LogP contribution in [0.3, 0.4) is 0 Å². The van der Waals surface area contributed by atoms with Crippen LogP contribution >= 0.6 is 11.8 Å². The Morgan fingerprint density at radius 1 is 1.21 bits per heavy atom. The Morgan fingerprint density at radius 2 is 1.92 bits per heavy atom. The van der Waals surface area contributed by atoms with Crippen LogP contribution in [0, 0.1) is 6.92 Å².